The second kappa shape index (κ2) is 8.42. The van der Waals surface area contributed by atoms with Gasteiger partial charge in [-0.25, -0.2) is 0 Å². The van der Waals surface area contributed by atoms with E-state index in [0.29, 0.717) is 6.04 Å². The topological polar surface area (TPSA) is 39.1 Å². The number of aromatic nitrogens is 2. The molecule has 0 aliphatic heterocycles. The molecule has 0 amide bonds. The van der Waals surface area contributed by atoms with Crippen molar-refractivity contribution in [3.63, 3.8) is 0 Å². The third-order valence-corrected chi connectivity index (χ3v) is 4.20. The minimum Gasteiger partial charge on any atom is -0.383 e. The summed E-state index contributed by atoms with van der Waals surface area (Å²) in [5.74, 6) is 0. The van der Waals surface area contributed by atoms with Crippen molar-refractivity contribution in [2.45, 2.75) is 53.0 Å². The Bertz CT molecular complexity index is 378. The standard InChI is InChI=1S/C16H31N3O/c1-6-14(3)19-10-8-15(18-19)12-16(4,7-2)13-17-9-11-20-5/h8,10,14,17H,6-7,9,11-13H2,1-5H3. The van der Waals surface area contributed by atoms with Crippen LogP contribution in [0.15, 0.2) is 12.3 Å². The maximum atomic E-state index is 5.07. The minimum atomic E-state index is 0.252. The number of hydrogen-bond donors (Lipinski definition) is 1. The molecule has 4 heteroatoms. The third kappa shape index (κ3) is 5.25. The summed E-state index contributed by atoms with van der Waals surface area (Å²) in [4.78, 5) is 0. The number of hydrogen-bond acceptors (Lipinski definition) is 3. The van der Waals surface area contributed by atoms with E-state index < -0.39 is 0 Å². The molecule has 0 aromatic carbocycles. The first-order chi connectivity index (χ1) is 9.54. The summed E-state index contributed by atoms with van der Waals surface area (Å²) in [6.45, 7) is 11.7. The highest BCUT2D eigenvalue weighted by molar-refractivity contribution is 5.03. The van der Waals surface area contributed by atoms with Gasteiger partial charge in [-0.1, -0.05) is 20.8 Å². The molecule has 1 N–H and O–H groups in total. The lowest BCUT2D eigenvalue weighted by Gasteiger charge is -2.28. The lowest BCUT2D eigenvalue weighted by Crippen LogP contribution is -2.35. The molecule has 0 aliphatic rings. The minimum absolute atomic E-state index is 0.252. The maximum Gasteiger partial charge on any atom is 0.0630 e. The number of methoxy groups -OCH3 is 1. The van der Waals surface area contributed by atoms with E-state index >= 15 is 0 Å². The average Bonchev–Trinajstić information content (AvgIpc) is 2.91. The van der Waals surface area contributed by atoms with Crippen molar-refractivity contribution in [3.05, 3.63) is 18.0 Å². The second-order valence-corrected chi connectivity index (χ2v) is 6.05. The van der Waals surface area contributed by atoms with Crippen LogP contribution in [0.5, 0.6) is 0 Å². The van der Waals surface area contributed by atoms with Crippen LogP contribution in [0.2, 0.25) is 0 Å². The van der Waals surface area contributed by atoms with E-state index in [0.717, 1.165) is 39.0 Å². The molecule has 0 bridgehead atoms. The molecule has 1 rings (SSSR count). The van der Waals surface area contributed by atoms with Gasteiger partial charge in [0.05, 0.1) is 12.3 Å². The summed E-state index contributed by atoms with van der Waals surface area (Å²) in [6.07, 6.45) is 5.39. The van der Waals surface area contributed by atoms with Crippen molar-refractivity contribution in [2.75, 3.05) is 26.8 Å². The van der Waals surface area contributed by atoms with Crippen LogP contribution in [0, 0.1) is 5.41 Å². The van der Waals surface area contributed by atoms with Crippen LogP contribution in [0.4, 0.5) is 0 Å². The Morgan fingerprint density at radius 2 is 2.20 bits per heavy atom. The highest BCUT2D eigenvalue weighted by Gasteiger charge is 2.23. The molecule has 1 aromatic heterocycles. The van der Waals surface area contributed by atoms with Crippen LogP contribution in [0.1, 0.15) is 52.3 Å². The molecule has 2 atom stereocenters. The summed E-state index contributed by atoms with van der Waals surface area (Å²) >= 11 is 0. The average molecular weight is 281 g/mol. The van der Waals surface area contributed by atoms with Crippen LogP contribution in [0.3, 0.4) is 0 Å². The summed E-state index contributed by atoms with van der Waals surface area (Å²) in [5, 5.41) is 8.20. The molecule has 0 spiro atoms. The highest BCUT2D eigenvalue weighted by Crippen LogP contribution is 2.25. The zero-order valence-electron chi connectivity index (χ0n) is 13.8. The molecule has 0 saturated carbocycles. The molecule has 1 heterocycles. The van der Waals surface area contributed by atoms with Gasteiger partial charge in [-0.15, -0.1) is 0 Å². The largest absolute Gasteiger partial charge is 0.383 e. The lowest BCUT2D eigenvalue weighted by atomic mass is 9.82. The summed E-state index contributed by atoms with van der Waals surface area (Å²) < 4.78 is 7.16. The fourth-order valence-corrected chi connectivity index (χ4v) is 2.22. The Balaban J connectivity index is 2.55. The Kier molecular flexibility index (Phi) is 7.24. The Morgan fingerprint density at radius 3 is 2.80 bits per heavy atom. The first-order valence-electron chi connectivity index (χ1n) is 7.78. The Hall–Kier alpha value is -0.870. The Morgan fingerprint density at radius 1 is 1.45 bits per heavy atom. The molecule has 0 fully saturated rings. The van der Waals surface area contributed by atoms with Crippen LogP contribution in [0.25, 0.3) is 0 Å². The second-order valence-electron chi connectivity index (χ2n) is 6.05. The van der Waals surface area contributed by atoms with Gasteiger partial charge in [-0.2, -0.15) is 5.10 Å². The van der Waals surface area contributed by atoms with E-state index in [-0.39, 0.29) is 5.41 Å². The van der Waals surface area contributed by atoms with E-state index in [9.17, 15) is 0 Å². The SMILES string of the molecule is CCC(C)n1ccc(CC(C)(CC)CNCCOC)n1. The molecule has 0 saturated heterocycles. The van der Waals surface area contributed by atoms with Crippen molar-refractivity contribution in [1.82, 2.24) is 15.1 Å². The van der Waals surface area contributed by atoms with Crippen LogP contribution in [-0.4, -0.2) is 36.6 Å². The lowest BCUT2D eigenvalue weighted by molar-refractivity contribution is 0.191. The summed E-state index contributed by atoms with van der Waals surface area (Å²) in [7, 11) is 1.74. The zero-order chi connectivity index (χ0) is 15.0. The monoisotopic (exact) mass is 281 g/mol. The summed E-state index contributed by atoms with van der Waals surface area (Å²) in [5.41, 5.74) is 1.45. The normalized spacial score (nSPS) is 16.1. The molecule has 20 heavy (non-hydrogen) atoms. The van der Waals surface area contributed by atoms with Gasteiger partial charge in [0.15, 0.2) is 0 Å². The number of nitrogens with one attached hydrogen (secondary N) is 1. The molecule has 0 aliphatic carbocycles. The molecule has 0 radical (unpaired) electrons. The van der Waals surface area contributed by atoms with Gasteiger partial charge in [0.1, 0.15) is 0 Å². The van der Waals surface area contributed by atoms with E-state index in [1.807, 2.05) is 0 Å². The number of nitrogens with zero attached hydrogens (tertiary/aromatic N) is 2. The number of rotatable bonds is 10. The molecule has 116 valence electrons. The van der Waals surface area contributed by atoms with Gasteiger partial charge in [0, 0.05) is 32.4 Å². The van der Waals surface area contributed by atoms with Gasteiger partial charge in [0.2, 0.25) is 0 Å². The fraction of sp³-hybridized carbons (Fsp3) is 0.812. The van der Waals surface area contributed by atoms with Crippen molar-refractivity contribution in [1.29, 1.82) is 0 Å². The first kappa shape index (κ1) is 17.2. The van der Waals surface area contributed by atoms with Gasteiger partial charge in [-0.3, -0.25) is 4.68 Å². The van der Waals surface area contributed by atoms with Gasteiger partial charge < -0.3 is 10.1 Å². The van der Waals surface area contributed by atoms with Gasteiger partial charge >= 0.3 is 0 Å². The van der Waals surface area contributed by atoms with Crippen LogP contribution in [-0.2, 0) is 11.2 Å². The molecular formula is C16H31N3O. The molecular weight excluding hydrogens is 250 g/mol. The Labute approximate surface area is 123 Å². The predicted molar refractivity (Wildman–Crippen MR) is 84.1 cm³/mol. The summed E-state index contributed by atoms with van der Waals surface area (Å²) in [6, 6.07) is 2.64. The van der Waals surface area contributed by atoms with Gasteiger partial charge in [-0.05, 0) is 37.7 Å². The maximum absolute atomic E-state index is 5.07. The van der Waals surface area contributed by atoms with Gasteiger partial charge in [0.25, 0.3) is 0 Å². The van der Waals surface area contributed by atoms with E-state index in [2.05, 4.69) is 50.0 Å². The fourth-order valence-electron chi connectivity index (χ4n) is 2.22. The van der Waals surface area contributed by atoms with E-state index in [4.69, 9.17) is 9.84 Å². The van der Waals surface area contributed by atoms with Crippen LogP contribution >= 0.6 is 0 Å². The first-order valence-corrected chi connectivity index (χ1v) is 7.78. The molecule has 1 aromatic rings. The van der Waals surface area contributed by atoms with Crippen LogP contribution < -0.4 is 5.32 Å². The predicted octanol–water partition coefficient (Wildman–Crippen LogP) is 3.05. The molecule has 4 nitrogen and oxygen atoms in total. The van der Waals surface area contributed by atoms with Crippen molar-refractivity contribution in [3.8, 4) is 0 Å². The third-order valence-electron chi connectivity index (χ3n) is 4.20. The number of ether oxygens (including phenoxy) is 1. The van der Waals surface area contributed by atoms with E-state index in [1.54, 1.807) is 7.11 Å². The van der Waals surface area contributed by atoms with E-state index in [1.165, 1.54) is 5.69 Å². The van der Waals surface area contributed by atoms with Crippen molar-refractivity contribution < 1.29 is 4.74 Å². The zero-order valence-corrected chi connectivity index (χ0v) is 13.8. The molecule has 2 unspecified atom stereocenters. The highest BCUT2D eigenvalue weighted by atomic mass is 16.5. The van der Waals surface area contributed by atoms with Crippen molar-refractivity contribution >= 4 is 0 Å². The van der Waals surface area contributed by atoms with Crippen molar-refractivity contribution in [2.24, 2.45) is 5.41 Å². The smallest absolute Gasteiger partial charge is 0.0630 e. The quantitative estimate of drug-likeness (QED) is 0.670.